The summed E-state index contributed by atoms with van der Waals surface area (Å²) in [5.74, 6) is 2.56. The van der Waals surface area contributed by atoms with E-state index >= 15 is 0 Å². The second-order valence-electron chi connectivity index (χ2n) is 4.37. The summed E-state index contributed by atoms with van der Waals surface area (Å²) >= 11 is 1.52. The van der Waals surface area contributed by atoms with Crippen LogP contribution in [-0.4, -0.2) is 22.3 Å². The van der Waals surface area contributed by atoms with Gasteiger partial charge in [0.1, 0.15) is 17.4 Å². The van der Waals surface area contributed by atoms with Crippen LogP contribution in [0.4, 0.5) is 11.6 Å². The molecule has 0 spiro atoms. The van der Waals surface area contributed by atoms with Crippen LogP contribution in [-0.2, 0) is 0 Å². The van der Waals surface area contributed by atoms with Gasteiger partial charge in [-0.25, -0.2) is 9.97 Å². The highest BCUT2D eigenvalue weighted by Gasteiger charge is 2.01. The van der Waals surface area contributed by atoms with E-state index in [4.69, 9.17) is 16.2 Å². The molecule has 0 fully saturated rings. The topological polar surface area (TPSA) is 87.0 Å². The molecule has 5 nitrogen and oxygen atoms in total. The summed E-state index contributed by atoms with van der Waals surface area (Å²) in [7, 11) is 0. The van der Waals surface area contributed by atoms with Crippen LogP contribution < -0.4 is 16.2 Å². The van der Waals surface area contributed by atoms with Gasteiger partial charge in [0.05, 0.1) is 6.61 Å². The van der Waals surface area contributed by atoms with Crippen LogP contribution in [0.2, 0.25) is 0 Å². The van der Waals surface area contributed by atoms with E-state index in [1.54, 1.807) is 6.07 Å². The molecule has 20 heavy (non-hydrogen) atoms. The molecular weight excluding hydrogens is 272 g/mol. The lowest BCUT2D eigenvalue weighted by Gasteiger charge is -2.06. The largest absolute Gasteiger partial charge is 0.494 e. The molecule has 0 bridgehead atoms. The number of rotatable bonds is 6. The molecule has 6 heteroatoms. The quantitative estimate of drug-likeness (QED) is 0.483. The van der Waals surface area contributed by atoms with Gasteiger partial charge >= 0.3 is 0 Å². The van der Waals surface area contributed by atoms with Crippen LogP contribution in [0.25, 0.3) is 0 Å². The third kappa shape index (κ3) is 4.62. The Morgan fingerprint density at radius 1 is 1.15 bits per heavy atom. The summed E-state index contributed by atoms with van der Waals surface area (Å²) in [6.07, 6.45) is 0.899. The van der Waals surface area contributed by atoms with Gasteiger partial charge in [0.2, 0.25) is 0 Å². The molecular formula is C14H18N4OS. The Hall–Kier alpha value is -1.95. The van der Waals surface area contributed by atoms with Crippen LogP contribution in [0.3, 0.4) is 0 Å². The Morgan fingerprint density at radius 3 is 2.60 bits per heavy atom. The maximum atomic E-state index is 5.67. The number of nitrogens with two attached hydrogens (primary N) is 2. The Bertz CT molecular complexity index is 557. The third-order valence-corrected chi connectivity index (χ3v) is 3.46. The average Bonchev–Trinajstić information content (AvgIpc) is 2.37. The van der Waals surface area contributed by atoms with Gasteiger partial charge in [0.15, 0.2) is 5.16 Å². The van der Waals surface area contributed by atoms with Gasteiger partial charge < -0.3 is 16.2 Å². The van der Waals surface area contributed by atoms with Gasteiger partial charge in [-0.05, 0) is 31.0 Å². The first kappa shape index (κ1) is 14.5. The molecule has 0 amide bonds. The molecule has 0 saturated heterocycles. The fraction of sp³-hybridized carbons (Fsp3) is 0.286. The van der Waals surface area contributed by atoms with Crippen molar-refractivity contribution in [1.82, 2.24) is 9.97 Å². The summed E-state index contributed by atoms with van der Waals surface area (Å²) in [6.45, 7) is 2.71. The molecule has 106 valence electrons. The first-order chi connectivity index (χ1) is 9.63. The van der Waals surface area contributed by atoms with E-state index in [2.05, 4.69) is 9.97 Å². The summed E-state index contributed by atoms with van der Waals surface area (Å²) in [4.78, 5) is 8.22. The molecule has 0 aliphatic heterocycles. The van der Waals surface area contributed by atoms with E-state index in [1.165, 1.54) is 17.3 Å². The molecule has 0 radical (unpaired) electrons. The number of ether oxygens (including phenoxy) is 1. The fourth-order valence-electron chi connectivity index (χ4n) is 1.64. The third-order valence-electron chi connectivity index (χ3n) is 2.52. The molecule has 0 aliphatic carbocycles. The van der Waals surface area contributed by atoms with Crippen molar-refractivity contribution in [3.05, 3.63) is 35.9 Å². The van der Waals surface area contributed by atoms with Crippen LogP contribution in [0, 0.1) is 6.92 Å². The van der Waals surface area contributed by atoms with E-state index in [9.17, 15) is 0 Å². The number of hydrogen-bond acceptors (Lipinski definition) is 6. The van der Waals surface area contributed by atoms with Crippen LogP contribution in [0.5, 0.6) is 5.75 Å². The van der Waals surface area contributed by atoms with Gasteiger partial charge in [-0.1, -0.05) is 23.9 Å². The van der Waals surface area contributed by atoms with Crippen LogP contribution >= 0.6 is 11.8 Å². The second kappa shape index (κ2) is 7.00. The van der Waals surface area contributed by atoms with Crippen molar-refractivity contribution >= 4 is 23.4 Å². The van der Waals surface area contributed by atoms with Crippen LogP contribution in [0.1, 0.15) is 12.0 Å². The van der Waals surface area contributed by atoms with Crippen LogP contribution in [0.15, 0.2) is 35.5 Å². The predicted octanol–water partition coefficient (Wildman–Crippen LogP) is 2.51. The van der Waals surface area contributed by atoms with Gasteiger partial charge in [-0.3, -0.25) is 0 Å². The van der Waals surface area contributed by atoms with E-state index in [0.717, 1.165) is 17.9 Å². The van der Waals surface area contributed by atoms with Crippen molar-refractivity contribution in [3.8, 4) is 5.75 Å². The molecule has 4 N–H and O–H groups in total. The number of nitrogens with zero attached hydrogens (tertiary/aromatic N) is 2. The molecule has 1 aromatic heterocycles. The number of hydrogen-bond donors (Lipinski definition) is 2. The molecule has 0 unspecified atom stereocenters. The number of nitrogen functional groups attached to an aromatic ring is 2. The number of aryl methyl sites for hydroxylation is 1. The van der Waals surface area contributed by atoms with Crippen molar-refractivity contribution in [1.29, 1.82) is 0 Å². The van der Waals surface area contributed by atoms with Gasteiger partial charge in [-0.2, -0.15) is 0 Å². The number of thioether (sulfide) groups is 1. The minimum atomic E-state index is 0.399. The van der Waals surface area contributed by atoms with Crippen molar-refractivity contribution in [2.75, 3.05) is 23.8 Å². The van der Waals surface area contributed by atoms with Gasteiger partial charge in [-0.15, -0.1) is 0 Å². The Balaban J connectivity index is 1.71. The van der Waals surface area contributed by atoms with Crippen molar-refractivity contribution < 1.29 is 4.74 Å². The minimum Gasteiger partial charge on any atom is -0.494 e. The predicted molar refractivity (Wildman–Crippen MR) is 82.9 cm³/mol. The number of aromatic nitrogens is 2. The lowest BCUT2D eigenvalue weighted by atomic mass is 10.2. The lowest BCUT2D eigenvalue weighted by molar-refractivity contribution is 0.318. The second-order valence-corrected chi connectivity index (χ2v) is 5.43. The standard InChI is InChI=1S/C14H18N4OS/c1-10-4-2-5-11(8-10)19-6-3-7-20-14-17-12(15)9-13(16)18-14/h2,4-5,8-9H,3,6-7H2,1H3,(H4,15,16,17,18). The summed E-state index contributed by atoms with van der Waals surface area (Å²) in [5.41, 5.74) is 12.4. The zero-order chi connectivity index (χ0) is 14.4. The van der Waals surface area contributed by atoms with E-state index in [0.29, 0.717) is 23.4 Å². The number of benzene rings is 1. The lowest BCUT2D eigenvalue weighted by Crippen LogP contribution is -2.01. The van der Waals surface area contributed by atoms with Crippen molar-refractivity contribution in [3.63, 3.8) is 0 Å². The highest BCUT2D eigenvalue weighted by Crippen LogP contribution is 2.18. The monoisotopic (exact) mass is 290 g/mol. The Kier molecular flexibility index (Phi) is 5.06. The zero-order valence-electron chi connectivity index (χ0n) is 11.4. The molecule has 1 heterocycles. The molecule has 0 atom stereocenters. The highest BCUT2D eigenvalue weighted by atomic mass is 32.2. The smallest absolute Gasteiger partial charge is 0.191 e. The minimum absolute atomic E-state index is 0.399. The summed E-state index contributed by atoms with van der Waals surface area (Å²) in [5, 5.41) is 0.609. The SMILES string of the molecule is Cc1cccc(OCCCSc2nc(N)cc(N)n2)c1. The summed E-state index contributed by atoms with van der Waals surface area (Å²) < 4.78 is 5.67. The van der Waals surface area contributed by atoms with E-state index < -0.39 is 0 Å². The molecule has 1 aromatic carbocycles. The zero-order valence-corrected chi connectivity index (χ0v) is 12.2. The molecule has 0 aliphatic rings. The first-order valence-electron chi connectivity index (χ1n) is 6.36. The van der Waals surface area contributed by atoms with Crippen molar-refractivity contribution in [2.24, 2.45) is 0 Å². The van der Waals surface area contributed by atoms with E-state index in [-0.39, 0.29) is 0 Å². The average molecular weight is 290 g/mol. The maximum absolute atomic E-state index is 5.67. The van der Waals surface area contributed by atoms with E-state index in [1.807, 2.05) is 31.2 Å². The molecule has 2 aromatic rings. The molecule has 2 rings (SSSR count). The van der Waals surface area contributed by atoms with Gasteiger partial charge in [0, 0.05) is 11.8 Å². The highest BCUT2D eigenvalue weighted by molar-refractivity contribution is 7.99. The van der Waals surface area contributed by atoms with Gasteiger partial charge in [0.25, 0.3) is 0 Å². The Morgan fingerprint density at radius 2 is 1.90 bits per heavy atom. The molecule has 0 saturated carbocycles. The Labute approximate surface area is 122 Å². The first-order valence-corrected chi connectivity index (χ1v) is 7.34. The summed E-state index contributed by atoms with van der Waals surface area (Å²) in [6, 6.07) is 9.56. The fourth-order valence-corrected chi connectivity index (χ4v) is 2.43. The normalized spacial score (nSPS) is 10.4. The van der Waals surface area contributed by atoms with Crippen molar-refractivity contribution in [2.45, 2.75) is 18.5 Å². The maximum Gasteiger partial charge on any atom is 0.191 e. The number of anilines is 2.